The van der Waals surface area contributed by atoms with Gasteiger partial charge in [-0.3, -0.25) is 0 Å². The lowest BCUT2D eigenvalue weighted by molar-refractivity contribution is 0.475. The van der Waals surface area contributed by atoms with Crippen LogP contribution in [-0.2, 0) is 6.42 Å². The minimum absolute atomic E-state index is 0.297. The molecule has 0 saturated carbocycles. The molecule has 0 unspecified atom stereocenters. The van der Waals surface area contributed by atoms with Crippen molar-refractivity contribution in [1.29, 1.82) is 0 Å². The molecule has 0 bridgehead atoms. The lowest BCUT2D eigenvalue weighted by Crippen LogP contribution is -2.06. The van der Waals surface area contributed by atoms with Gasteiger partial charge in [-0.05, 0) is 30.2 Å². The van der Waals surface area contributed by atoms with Crippen LogP contribution in [0.15, 0.2) is 54.7 Å². The van der Waals surface area contributed by atoms with Crippen LogP contribution in [0, 0.1) is 0 Å². The van der Waals surface area contributed by atoms with Gasteiger partial charge in [-0.1, -0.05) is 30.3 Å². The number of phenolic OH excluding ortho intramolecular Hbond substituents is 1. The molecule has 0 amide bonds. The average Bonchev–Trinajstić information content (AvgIpc) is 2.49. The Morgan fingerprint density at radius 3 is 2.65 bits per heavy atom. The van der Waals surface area contributed by atoms with E-state index in [-0.39, 0.29) is 0 Å². The predicted octanol–water partition coefficient (Wildman–Crippen LogP) is 2.99. The van der Waals surface area contributed by atoms with Crippen molar-refractivity contribution >= 4 is 16.6 Å². The number of aromatic nitrogens is 2. The summed E-state index contributed by atoms with van der Waals surface area (Å²) in [6, 6.07) is 15.2. The number of phenols is 1. The maximum Gasteiger partial charge on any atom is 0.115 e. The number of hydrogen-bond acceptors (Lipinski definition) is 4. The second-order valence-corrected chi connectivity index (χ2v) is 4.62. The maximum absolute atomic E-state index is 9.25. The van der Waals surface area contributed by atoms with Crippen molar-refractivity contribution in [2.45, 2.75) is 6.42 Å². The molecular weight excluding hydrogens is 250 g/mol. The lowest BCUT2D eigenvalue weighted by atomic mass is 10.1. The van der Waals surface area contributed by atoms with Gasteiger partial charge in [0.25, 0.3) is 0 Å². The topological polar surface area (TPSA) is 58.0 Å². The van der Waals surface area contributed by atoms with Crippen LogP contribution < -0.4 is 5.32 Å². The monoisotopic (exact) mass is 265 g/mol. The highest BCUT2D eigenvalue weighted by Crippen LogP contribution is 2.19. The number of aromatic hydroxyl groups is 1. The van der Waals surface area contributed by atoms with Crippen molar-refractivity contribution in [3.63, 3.8) is 0 Å². The van der Waals surface area contributed by atoms with Crippen molar-refractivity contribution in [3.05, 3.63) is 60.3 Å². The zero-order chi connectivity index (χ0) is 13.8. The maximum atomic E-state index is 9.25. The summed E-state index contributed by atoms with van der Waals surface area (Å²) in [4.78, 5) is 0. The first-order valence-corrected chi connectivity index (χ1v) is 6.55. The van der Waals surface area contributed by atoms with E-state index < -0.39 is 0 Å². The van der Waals surface area contributed by atoms with Crippen LogP contribution in [0.1, 0.15) is 5.56 Å². The standard InChI is InChI=1S/C16H15N3O/c20-13-7-5-12(6-8-13)9-10-17-16-11-18-19-15-4-2-1-3-14(15)16/h1-8,11,20H,9-10H2,(H,17,19). The van der Waals surface area contributed by atoms with Crippen molar-refractivity contribution in [2.24, 2.45) is 0 Å². The fraction of sp³-hybridized carbons (Fsp3) is 0.125. The van der Waals surface area contributed by atoms with Gasteiger partial charge in [0.15, 0.2) is 0 Å². The van der Waals surface area contributed by atoms with E-state index in [4.69, 9.17) is 0 Å². The highest BCUT2D eigenvalue weighted by molar-refractivity contribution is 5.90. The Kier molecular flexibility index (Phi) is 3.46. The van der Waals surface area contributed by atoms with Crippen LogP contribution in [0.3, 0.4) is 0 Å². The number of hydrogen-bond donors (Lipinski definition) is 2. The molecule has 2 N–H and O–H groups in total. The molecule has 1 heterocycles. The van der Waals surface area contributed by atoms with E-state index in [1.54, 1.807) is 18.3 Å². The summed E-state index contributed by atoms with van der Waals surface area (Å²) in [5.74, 6) is 0.297. The van der Waals surface area contributed by atoms with Crippen molar-refractivity contribution < 1.29 is 5.11 Å². The van der Waals surface area contributed by atoms with E-state index in [9.17, 15) is 5.11 Å². The molecule has 1 aromatic heterocycles. The first-order chi connectivity index (χ1) is 9.83. The van der Waals surface area contributed by atoms with E-state index in [1.807, 2.05) is 36.4 Å². The zero-order valence-corrected chi connectivity index (χ0v) is 11.0. The van der Waals surface area contributed by atoms with Crippen LogP contribution in [0.5, 0.6) is 5.75 Å². The number of benzene rings is 2. The summed E-state index contributed by atoms with van der Waals surface area (Å²) in [6.45, 7) is 0.806. The third kappa shape index (κ3) is 2.69. The minimum Gasteiger partial charge on any atom is -0.508 e. The van der Waals surface area contributed by atoms with Gasteiger partial charge in [0.2, 0.25) is 0 Å². The Balaban J connectivity index is 1.69. The molecule has 0 spiro atoms. The molecular formula is C16H15N3O. The van der Waals surface area contributed by atoms with Crippen LogP contribution in [-0.4, -0.2) is 21.8 Å². The Morgan fingerprint density at radius 1 is 1.00 bits per heavy atom. The number of nitrogens with zero attached hydrogens (tertiary/aromatic N) is 2. The number of fused-ring (bicyclic) bond motifs is 1. The smallest absolute Gasteiger partial charge is 0.115 e. The molecule has 0 aliphatic heterocycles. The second-order valence-electron chi connectivity index (χ2n) is 4.62. The van der Waals surface area contributed by atoms with Gasteiger partial charge >= 0.3 is 0 Å². The number of anilines is 1. The first kappa shape index (κ1) is 12.4. The SMILES string of the molecule is Oc1ccc(CCNc2cnnc3ccccc23)cc1. The van der Waals surface area contributed by atoms with Crippen LogP contribution in [0.4, 0.5) is 5.69 Å². The molecule has 3 rings (SSSR count). The van der Waals surface area contributed by atoms with E-state index >= 15 is 0 Å². The van der Waals surface area contributed by atoms with E-state index in [0.29, 0.717) is 5.75 Å². The molecule has 0 radical (unpaired) electrons. The van der Waals surface area contributed by atoms with Gasteiger partial charge in [-0.2, -0.15) is 10.2 Å². The Bertz CT molecular complexity index is 705. The Morgan fingerprint density at radius 2 is 1.80 bits per heavy atom. The average molecular weight is 265 g/mol. The largest absolute Gasteiger partial charge is 0.508 e. The van der Waals surface area contributed by atoms with Crippen LogP contribution >= 0.6 is 0 Å². The first-order valence-electron chi connectivity index (χ1n) is 6.55. The summed E-state index contributed by atoms with van der Waals surface area (Å²) in [6.07, 6.45) is 2.64. The molecule has 2 aromatic carbocycles. The van der Waals surface area contributed by atoms with Gasteiger partial charge in [0.05, 0.1) is 17.4 Å². The van der Waals surface area contributed by atoms with Crippen LogP contribution in [0.25, 0.3) is 10.9 Å². The van der Waals surface area contributed by atoms with Crippen molar-refractivity contribution in [3.8, 4) is 5.75 Å². The molecule has 100 valence electrons. The van der Waals surface area contributed by atoms with Gasteiger partial charge in [0, 0.05) is 11.9 Å². The molecule has 4 heteroatoms. The highest BCUT2D eigenvalue weighted by atomic mass is 16.3. The molecule has 4 nitrogen and oxygen atoms in total. The summed E-state index contributed by atoms with van der Waals surface area (Å²) in [5.41, 5.74) is 3.07. The van der Waals surface area contributed by atoms with Gasteiger partial charge in [-0.15, -0.1) is 0 Å². The van der Waals surface area contributed by atoms with Gasteiger partial charge < -0.3 is 10.4 Å². The van der Waals surface area contributed by atoms with Gasteiger partial charge in [-0.25, -0.2) is 0 Å². The highest BCUT2D eigenvalue weighted by Gasteiger charge is 2.01. The van der Waals surface area contributed by atoms with E-state index in [2.05, 4.69) is 15.5 Å². The third-order valence-electron chi connectivity index (χ3n) is 3.21. The summed E-state index contributed by atoms with van der Waals surface area (Å²) in [5, 5.41) is 21.8. The summed E-state index contributed by atoms with van der Waals surface area (Å²) in [7, 11) is 0. The van der Waals surface area contributed by atoms with Crippen molar-refractivity contribution in [1.82, 2.24) is 10.2 Å². The molecule has 20 heavy (non-hydrogen) atoms. The Hall–Kier alpha value is -2.62. The third-order valence-corrected chi connectivity index (χ3v) is 3.21. The fourth-order valence-electron chi connectivity index (χ4n) is 2.15. The summed E-state index contributed by atoms with van der Waals surface area (Å²) < 4.78 is 0. The fourth-order valence-corrected chi connectivity index (χ4v) is 2.15. The molecule has 0 saturated heterocycles. The molecule has 3 aromatic rings. The van der Waals surface area contributed by atoms with Crippen molar-refractivity contribution in [2.75, 3.05) is 11.9 Å². The lowest BCUT2D eigenvalue weighted by Gasteiger charge is -2.08. The molecule has 0 fully saturated rings. The summed E-state index contributed by atoms with van der Waals surface area (Å²) >= 11 is 0. The minimum atomic E-state index is 0.297. The molecule has 0 aliphatic carbocycles. The number of nitrogens with one attached hydrogen (secondary N) is 1. The molecule has 0 aliphatic rings. The van der Waals surface area contributed by atoms with E-state index in [0.717, 1.165) is 29.6 Å². The predicted molar refractivity (Wildman–Crippen MR) is 79.8 cm³/mol. The zero-order valence-electron chi connectivity index (χ0n) is 11.0. The number of rotatable bonds is 4. The molecule has 0 atom stereocenters. The van der Waals surface area contributed by atoms with E-state index in [1.165, 1.54) is 5.56 Å². The normalized spacial score (nSPS) is 10.6. The second kappa shape index (κ2) is 5.57. The Labute approximate surface area is 117 Å². The van der Waals surface area contributed by atoms with Gasteiger partial charge in [0.1, 0.15) is 5.75 Å². The van der Waals surface area contributed by atoms with Crippen LogP contribution in [0.2, 0.25) is 0 Å². The quantitative estimate of drug-likeness (QED) is 0.761.